The van der Waals surface area contributed by atoms with Gasteiger partial charge in [-0.25, -0.2) is 9.78 Å². The highest BCUT2D eigenvalue weighted by Crippen LogP contribution is 2.33. The van der Waals surface area contributed by atoms with Crippen molar-refractivity contribution in [3.05, 3.63) is 46.2 Å². The second-order valence-electron chi connectivity index (χ2n) is 8.35. The maximum absolute atomic E-state index is 13.2. The molecule has 1 aromatic carbocycles. The van der Waals surface area contributed by atoms with E-state index in [1.807, 2.05) is 0 Å². The van der Waals surface area contributed by atoms with Crippen LogP contribution in [-0.4, -0.2) is 65.1 Å². The molecule has 4 rings (SSSR count). The minimum Gasteiger partial charge on any atom is -0.456 e. The topological polar surface area (TPSA) is 72.0 Å². The van der Waals surface area contributed by atoms with Gasteiger partial charge in [-0.1, -0.05) is 29.6 Å². The summed E-state index contributed by atoms with van der Waals surface area (Å²) in [4.78, 5) is 32.6. The second-order valence-corrected chi connectivity index (χ2v) is 9.16. The third-order valence-corrected chi connectivity index (χ3v) is 6.74. The van der Waals surface area contributed by atoms with E-state index in [4.69, 9.17) is 27.9 Å². The zero-order valence-corrected chi connectivity index (χ0v) is 20.0. The number of rotatable bonds is 5. The number of amides is 1. The summed E-state index contributed by atoms with van der Waals surface area (Å²) in [6.07, 6.45) is 0.0866. The van der Waals surface area contributed by atoms with E-state index in [1.165, 1.54) is 35.7 Å². The van der Waals surface area contributed by atoms with Crippen molar-refractivity contribution in [3.8, 4) is 17.2 Å². The lowest BCUT2D eigenvalue weighted by Crippen LogP contribution is -2.43. The van der Waals surface area contributed by atoms with E-state index in [9.17, 15) is 22.8 Å². The number of pyridine rings is 1. The van der Waals surface area contributed by atoms with E-state index in [0.717, 1.165) is 31.9 Å². The summed E-state index contributed by atoms with van der Waals surface area (Å²) < 4.78 is 48.8. The van der Waals surface area contributed by atoms with Gasteiger partial charge in [0.05, 0.1) is 16.2 Å². The fourth-order valence-electron chi connectivity index (χ4n) is 3.96. The summed E-state index contributed by atoms with van der Waals surface area (Å²) in [5.41, 5.74) is -0.402. The lowest BCUT2D eigenvalue weighted by Gasteiger charge is -2.36. The first-order valence-corrected chi connectivity index (χ1v) is 11.8. The van der Waals surface area contributed by atoms with Gasteiger partial charge in [0.1, 0.15) is 11.5 Å². The van der Waals surface area contributed by atoms with Crippen molar-refractivity contribution < 1.29 is 32.2 Å². The van der Waals surface area contributed by atoms with E-state index in [-0.39, 0.29) is 21.5 Å². The Kier molecular flexibility index (Phi) is 7.73. The number of halogens is 5. The predicted octanol–water partition coefficient (Wildman–Crippen LogP) is 5.35. The third-order valence-electron chi connectivity index (χ3n) is 6.00. The molecule has 1 amide bonds. The first-order valence-electron chi connectivity index (χ1n) is 11.1. The SMILES string of the molecule is O=C(c1ncc(Oc2ccc(Cl)c(Cl)c2)cc1OC(=O)C(F)(F)F)N1CCCN(C2CCC2)CC1. The van der Waals surface area contributed by atoms with E-state index in [1.54, 1.807) is 0 Å². The van der Waals surface area contributed by atoms with E-state index in [0.29, 0.717) is 25.7 Å². The lowest BCUT2D eigenvalue weighted by molar-refractivity contribution is -0.189. The van der Waals surface area contributed by atoms with Crippen LogP contribution in [0, 0.1) is 0 Å². The average Bonchev–Trinajstić information content (AvgIpc) is 3.00. The molecule has 1 saturated heterocycles. The molecule has 35 heavy (non-hydrogen) atoms. The third kappa shape index (κ3) is 6.17. The van der Waals surface area contributed by atoms with Crippen LogP contribution in [0.3, 0.4) is 0 Å². The van der Waals surface area contributed by atoms with Crippen LogP contribution in [0.2, 0.25) is 10.0 Å². The molecule has 0 atom stereocenters. The van der Waals surface area contributed by atoms with Crippen molar-refractivity contribution in [2.24, 2.45) is 0 Å². The first kappa shape index (κ1) is 25.5. The molecule has 1 saturated carbocycles. The molecular weight excluding hydrogens is 510 g/mol. The van der Waals surface area contributed by atoms with Crippen molar-refractivity contribution >= 4 is 35.1 Å². The fourth-order valence-corrected chi connectivity index (χ4v) is 4.25. The van der Waals surface area contributed by atoms with E-state index < -0.39 is 29.5 Å². The van der Waals surface area contributed by atoms with Crippen LogP contribution in [-0.2, 0) is 4.79 Å². The Morgan fingerprint density at radius 2 is 1.74 bits per heavy atom. The van der Waals surface area contributed by atoms with Gasteiger partial charge in [-0.2, -0.15) is 13.2 Å². The number of esters is 1. The Bertz CT molecular complexity index is 1110. The minimum atomic E-state index is -5.26. The molecule has 188 valence electrons. The molecule has 12 heteroatoms. The molecule has 0 spiro atoms. The number of carbonyl (C=O) groups is 2. The summed E-state index contributed by atoms with van der Waals surface area (Å²) >= 11 is 11.8. The standard InChI is InChI=1S/C23H22Cl2F3N3O4/c24-17-6-5-15(11-18(17)25)34-16-12-19(35-22(33)23(26,27)28)20(29-13-16)21(32)31-8-2-7-30(9-10-31)14-3-1-4-14/h5-6,11-14H,1-4,7-10H2. The predicted molar refractivity (Wildman–Crippen MR) is 122 cm³/mol. The van der Waals surface area contributed by atoms with Gasteiger partial charge in [0.25, 0.3) is 5.91 Å². The van der Waals surface area contributed by atoms with Crippen LogP contribution in [0.15, 0.2) is 30.5 Å². The normalized spacial score (nSPS) is 17.5. The first-order chi connectivity index (χ1) is 16.6. The zero-order valence-electron chi connectivity index (χ0n) is 18.5. The van der Waals surface area contributed by atoms with Gasteiger partial charge in [0.15, 0.2) is 11.4 Å². The number of aromatic nitrogens is 1. The molecule has 2 aliphatic rings. The molecule has 2 fully saturated rings. The van der Waals surface area contributed by atoms with Gasteiger partial charge in [-0.15, -0.1) is 0 Å². The van der Waals surface area contributed by atoms with Gasteiger partial charge in [0, 0.05) is 44.4 Å². The van der Waals surface area contributed by atoms with E-state index >= 15 is 0 Å². The molecule has 1 aliphatic heterocycles. The van der Waals surface area contributed by atoms with Gasteiger partial charge in [0.2, 0.25) is 0 Å². The molecule has 0 radical (unpaired) electrons. The summed E-state index contributed by atoms with van der Waals surface area (Å²) in [7, 11) is 0. The maximum Gasteiger partial charge on any atom is 0.491 e. The molecule has 0 bridgehead atoms. The fraction of sp³-hybridized carbons (Fsp3) is 0.435. The Morgan fingerprint density at radius 3 is 2.40 bits per heavy atom. The minimum absolute atomic E-state index is 0.0584. The maximum atomic E-state index is 13.2. The summed E-state index contributed by atoms with van der Waals surface area (Å²) in [5, 5.41) is 0.482. The number of carbonyl (C=O) groups excluding carboxylic acids is 2. The number of ether oxygens (including phenoxy) is 2. The number of alkyl halides is 3. The molecular formula is C23H22Cl2F3N3O4. The highest BCUT2D eigenvalue weighted by Gasteiger charge is 2.42. The largest absolute Gasteiger partial charge is 0.491 e. The monoisotopic (exact) mass is 531 g/mol. The highest BCUT2D eigenvalue weighted by atomic mass is 35.5. The summed E-state index contributed by atoms with van der Waals surface area (Å²) in [6.45, 7) is 2.31. The number of benzene rings is 1. The smallest absolute Gasteiger partial charge is 0.456 e. The van der Waals surface area contributed by atoms with Gasteiger partial charge in [-0.3, -0.25) is 9.69 Å². The van der Waals surface area contributed by atoms with Gasteiger partial charge >= 0.3 is 12.1 Å². The van der Waals surface area contributed by atoms with Crippen LogP contribution in [0.5, 0.6) is 17.2 Å². The number of hydrogen-bond donors (Lipinski definition) is 0. The lowest BCUT2D eigenvalue weighted by atomic mass is 9.91. The molecule has 0 N–H and O–H groups in total. The zero-order chi connectivity index (χ0) is 25.2. The summed E-state index contributed by atoms with van der Waals surface area (Å²) in [6, 6.07) is 5.89. The molecule has 0 unspecified atom stereocenters. The molecule has 2 aromatic rings. The Balaban J connectivity index is 1.57. The molecule has 1 aliphatic carbocycles. The average molecular weight is 532 g/mol. The highest BCUT2D eigenvalue weighted by molar-refractivity contribution is 6.42. The second kappa shape index (κ2) is 10.6. The number of nitrogens with zero attached hydrogens (tertiary/aromatic N) is 3. The molecule has 2 heterocycles. The summed E-state index contributed by atoms with van der Waals surface area (Å²) in [5.74, 6) is -3.57. The van der Waals surface area contributed by atoms with Gasteiger partial charge in [-0.05, 0) is 31.4 Å². The van der Waals surface area contributed by atoms with Crippen LogP contribution in [0.25, 0.3) is 0 Å². The Hall–Kier alpha value is -2.56. The van der Waals surface area contributed by atoms with Crippen molar-refractivity contribution in [1.82, 2.24) is 14.8 Å². The number of hydrogen-bond acceptors (Lipinski definition) is 6. The van der Waals surface area contributed by atoms with Crippen molar-refractivity contribution in [2.45, 2.75) is 37.9 Å². The van der Waals surface area contributed by atoms with Crippen molar-refractivity contribution in [3.63, 3.8) is 0 Å². The molecule has 7 nitrogen and oxygen atoms in total. The Morgan fingerprint density at radius 1 is 0.971 bits per heavy atom. The Labute approximate surface area is 209 Å². The molecule has 1 aromatic heterocycles. The van der Waals surface area contributed by atoms with Crippen LogP contribution < -0.4 is 9.47 Å². The quantitative estimate of drug-likeness (QED) is 0.484. The van der Waals surface area contributed by atoms with Crippen molar-refractivity contribution in [1.29, 1.82) is 0 Å². The van der Waals surface area contributed by atoms with Crippen molar-refractivity contribution in [2.75, 3.05) is 26.2 Å². The van der Waals surface area contributed by atoms with Gasteiger partial charge < -0.3 is 14.4 Å². The van der Waals surface area contributed by atoms with Crippen LogP contribution >= 0.6 is 23.2 Å². The van der Waals surface area contributed by atoms with Crippen LogP contribution in [0.1, 0.15) is 36.2 Å². The van der Waals surface area contributed by atoms with E-state index in [2.05, 4.69) is 14.6 Å². The van der Waals surface area contributed by atoms with Crippen LogP contribution in [0.4, 0.5) is 13.2 Å².